The largest absolute Gasteiger partial charge is 0.493 e. The number of imidazole rings is 1. The molecule has 2 N–H and O–H groups in total. The first-order valence-electron chi connectivity index (χ1n) is 10.1. The molecule has 10 nitrogen and oxygen atoms in total. The lowest BCUT2D eigenvalue weighted by Gasteiger charge is -2.15. The Labute approximate surface area is 188 Å². The highest BCUT2D eigenvalue weighted by Crippen LogP contribution is 2.29. The predicted octanol–water partition coefficient (Wildman–Crippen LogP) is 3.12. The summed E-state index contributed by atoms with van der Waals surface area (Å²) in [6.45, 7) is 1.82. The number of hydrogen-bond donors (Lipinski definition) is 2. The van der Waals surface area contributed by atoms with E-state index in [0.29, 0.717) is 29.3 Å². The van der Waals surface area contributed by atoms with Crippen molar-refractivity contribution < 1.29 is 23.8 Å². The Bertz CT molecular complexity index is 1270. The number of ether oxygens (including phenoxy) is 3. The lowest BCUT2D eigenvalue weighted by molar-refractivity contribution is -0.123. The molecule has 0 fully saturated rings. The van der Waals surface area contributed by atoms with Gasteiger partial charge >= 0.3 is 5.97 Å². The van der Waals surface area contributed by atoms with E-state index in [4.69, 9.17) is 14.2 Å². The summed E-state index contributed by atoms with van der Waals surface area (Å²) in [4.78, 5) is 40.0. The molecule has 0 saturated carbocycles. The Balaban J connectivity index is 1.39. The Hall–Kier alpha value is -4.47. The summed E-state index contributed by atoms with van der Waals surface area (Å²) in [5.74, 6) is -0.129. The van der Waals surface area contributed by atoms with Gasteiger partial charge in [-0.15, -0.1) is 0 Å². The summed E-state index contributed by atoms with van der Waals surface area (Å²) >= 11 is 0. The Kier molecular flexibility index (Phi) is 6.44. The van der Waals surface area contributed by atoms with Gasteiger partial charge in [-0.1, -0.05) is 30.3 Å². The third kappa shape index (κ3) is 5.06. The maximum Gasteiger partial charge on any atom is 0.339 e. The number of carbonyl (C=O) groups excluding carboxylic acids is 2. The van der Waals surface area contributed by atoms with Crippen LogP contribution in [0, 0.1) is 0 Å². The van der Waals surface area contributed by atoms with Crippen molar-refractivity contribution in [2.24, 2.45) is 0 Å². The molecular weight excluding hydrogens is 426 g/mol. The second-order valence-corrected chi connectivity index (χ2v) is 7.00. The van der Waals surface area contributed by atoms with Crippen LogP contribution in [0.1, 0.15) is 22.8 Å². The van der Waals surface area contributed by atoms with E-state index in [1.807, 2.05) is 30.3 Å². The van der Waals surface area contributed by atoms with E-state index < -0.39 is 18.0 Å². The van der Waals surface area contributed by atoms with Gasteiger partial charge < -0.3 is 24.5 Å². The summed E-state index contributed by atoms with van der Waals surface area (Å²) in [6.07, 6.45) is 1.65. The maximum atomic E-state index is 12.6. The van der Waals surface area contributed by atoms with E-state index in [9.17, 15) is 9.59 Å². The molecule has 0 bridgehead atoms. The molecule has 168 valence electrons. The van der Waals surface area contributed by atoms with Gasteiger partial charge in [0.2, 0.25) is 0 Å². The fourth-order valence-corrected chi connectivity index (χ4v) is 3.01. The molecule has 2 heterocycles. The average molecular weight is 447 g/mol. The zero-order valence-corrected chi connectivity index (χ0v) is 17.9. The molecule has 33 heavy (non-hydrogen) atoms. The third-order valence-electron chi connectivity index (χ3n) is 4.75. The highest BCUT2D eigenvalue weighted by molar-refractivity contribution is 6.00. The monoisotopic (exact) mass is 447 g/mol. The normalized spacial score (nSPS) is 11.6. The molecule has 4 aromatic rings. The Morgan fingerprint density at radius 2 is 1.88 bits per heavy atom. The number of carbonyl (C=O) groups is 2. The van der Waals surface area contributed by atoms with E-state index in [2.05, 4.69) is 25.3 Å². The van der Waals surface area contributed by atoms with Crippen LogP contribution in [-0.2, 0) is 16.1 Å². The van der Waals surface area contributed by atoms with E-state index >= 15 is 0 Å². The molecular formula is C23H21N5O5. The maximum absolute atomic E-state index is 12.6. The van der Waals surface area contributed by atoms with Crippen LogP contribution < -0.4 is 14.8 Å². The van der Waals surface area contributed by atoms with Crippen molar-refractivity contribution in [3.8, 4) is 11.5 Å². The van der Waals surface area contributed by atoms with Crippen LogP contribution in [0.2, 0.25) is 0 Å². The number of aromatic nitrogens is 4. The van der Waals surface area contributed by atoms with Crippen molar-refractivity contribution in [1.82, 2.24) is 19.9 Å². The minimum absolute atomic E-state index is 0.219. The third-order valence-corrected chi connectivity index (χ3v) is 4.75. The van der Waals surface area contributed by atoms with Crippen LogP contribution in [0.25, 0.3) is 11.2 Å². The molecule has 0 aliphatic heterocycles. The van der Waals surface area contributed by atoms with E-state index in [-0.39, 0.29) is 11.4 Å². The van der Waals surface area contributed by atoms with E-state index in [1.165, 1.54) is 32.8 Å². The number of hydrogen-bond acceptors (Lipinski definition) is 8. The Morgan fingerprint density at radius 3 is 2.67 bits per heavy atom. The summed E-state index contributed by atoms with van der Waals surface area (Å²) < 4.78 is 16.5. The van der Waals surface area contributed by atoms with Gasteiger partial charge in [-0.3, -0.25) is 4.79 Å². The van der Waals surface area contributed by atoms with Crippen molar-refractivity contribution in [3.63, 3.8) is 0 Å². The molecule has 0 spiro atoms. The van der Waals surface area contributed by atoms with Gasteiger partial charge in [0.05, 0.1) is 19.0 Å². The topological polar surface area (TPSA) is 128 Å². The zero-order chi connectivity index (χ0) is 23.2. The quantitative estimate of drug-likeness (QED) is 0.394. The summed E-state index contributed by atoms with van der Waals surface area (Å²) in [6, 6.07) is 14.4. The second kappa shape index (κ2) is 9.77. The van der Waals surface area contributed by atoms with Crippen molar-refractivity contribution in [2.45, 2.75) is 19.6 Å². The molecule has 1 atom stereocenters. The number of H-pyrrole nitrogens is 1. The van der Waals surface area contributed by atoms with Crippen LogP contribution in [0.3, 0.4) is 0 Å². The van der Waals surface area contributed by atoms with E-state index in [0.717, 1.165) is 5.56 Å². The molecule has 10 heteroatoms. The van der Waals surface area contributed by atoms with Crippen molar-refractivity contribution in [2.75, 3.05) is 12.4 Å². The van der Waals surface area contributed by atoms with Crippen LogP contribution in [0.4, 0.5) is 5.82 Å². The van der Waals surface area contributed by atoms with Gasteiger partial charge in [0.1, 0.15) is 18.5 Å². The molecule has 1 unspecified atom stereocenters. The fourth-order valence-electron chi connectivity index (χ4n) is 3.01. The van der Waals surface area contributed by atoms with Gasteiger partial charge in [-0.25, -0.2) is 19.7 Å². The lowest BCUT2D eigenvalue weighted by Crippen LogP contribution is -2.30. The predicted molar refractivity (Wildman–Crippen MR) is 119 cm³/mol. The number of nitrogens with one attached hydrogen (secondary N) is 2. The molecule has 0 aliphatic carbocycles. The first kappa shape index (κ1) is 21.8. The SMILES string of the molecule is COc1cc(C(=O)OC(C)C(=O)Nc2ncnc3nc[nH]c23)ccc1OCc1ccccc1. The number of methoxy groups -OCH3 is 1. The van der Waals surface area contributed by atoms with Crippen LogP contribution >= 0.6 is 0 Å². The lowest BCUT2D eigenvalue weighted by atomic mass is 10.2. The number of fused-ring (bicyclic) bond motifs is 1. The number of aromatic amines is 1. The average Bonchev–Trinajstić information content (AvgIpc) is 3.33. The first-order chi connectivity index (χ1) is 16.0. The first-order valence-corrected chi connectivity index (χ1v) is 10.1. The molecule has 0 saturated heterocycles. The summed E-state index contributed by atoms with van der Waals surface area (Å²) in [5, 5.41) is 2.61. The number of rotatable bonds is 8. The standard InChI is InChI=1S/C23H21N5O5/c1-14(22(29)28-21-19-20(25-12-24-19)26-13-27-21)33-23(30)16-8-9-17(18(10-16)31-2)32-11-15-6-4-3-5-7-15/h3-10,12-14H,11H2,1-2H3,(H2,24,25,26,27,28,29). The number of anilines is 1. The summed E-state index contributed by atoms with van der Waals surface area (Å²) in [7, 11) is 1.48. The van der Waals surface area contributed by atoms with Crippen LogP contribution in [-0.4, -0.2) is 45.0 Å². The molecule has 2 aromatic carbocycles. The van der Waals surface area contributed by atoms with Crippen LogP contribution in [0.5, 0.6) is 11.5 Å². The number of amides is 1. The molecule has 0 aliphatic rings. The zero-order valence-electron chi connectivity index (χ0n) is 17.9. The smallest absolute Gasteiger partial charge is 0.339 e. The van der Waals surface area contributed by atoms with Crippen molar-refractivity contribution in [1.29, 1.82) is 0 Å². The van der Waals surface area contributed by atoms with E-state index in [1.54, 1.807) is 12.1 Å². The highest BCUT2D eigenvalue weighted by atomic mass is 16.5. The molecule has 2 aromatic heterocycles. The molecule has 0 radical (unpaired) electrons. The number of benzene rings is 2. The van der Waals surface area contributed by atoms with Crippen molar-refractivity contribution >= 4 is 28.9 Å². The van der Waals surface area contributed by atoms with Gasteiger partial charge in [0, 0.05) is 0 Å². The van der Waals surface area contributed by atoms with Gasteiger partial charge in [0.25, 0.3) is 5.91 Å². The molecule has 1 amide bonds. The number of esters is 1. The minimum atomic E-state index is -1.08. The highest BCUT2D eigenvalue weighted by Gasteiger charge is 2.21. The van der Waals surface area contributed by atoms with Gasteiger partial charge in [0.15, 0.2) is 29.1 Å². The molecule has 4 rings (SSSR count). The van der Waals surface area contributed by atoms with Crippen LogP contribution in [0.15, 0.2) is 61.2 Å². The van der Waals surface area contributed by atoms with Crippen molar-refractivity contribution in [3.05, 3.63) is 72.3 Å². The summed E-state index contributed by atoms with van der Waals surface area (Å²) in [5.41, 5.74) is 2.10. The Morgan fingerprint density at radius 1 is 1.06 bits per heavy atom. The minimum Gasteiger partial charge on any atom is -0.493 e. The second-order valence-electron chi connectivity index (χ2n) is 7.00. The van der Waals surface area contributed by atoms with Gasteiger partial charge in [-0.05, 0) is 30.7 Å². The fraction of sp³-hybridized carbons (Fsp3) is 0.174. The number of nitrogens with zero attached hydrogens (tertiary/aromatic N) is 3. The van der Waals surface area contributed by atoms with Gasteiger partial charge in [-0.2, -0.15) is 0 Å².